The number of hydrogen-bond donors (Lipinski definition) is 2. The van der Waals surface area contributed by atoms with Crippen molar-refractivity contribution in [2.45, 2.75) is 33.1 Å². The molecule has 0 bridgehead atoms. The molecular formula is C14H23NO3S. The molecule has 0 amide bonds. The summed E-state index contributed by atoms with van der Waals surface area (Å²) < 4.78 is 26.5. The van der Waals surface area contributed by atoms with Gasteiger partial charge in [-0.05, 0) is 23.0 Å². The highest BCUT2D eigenvalue weighted by Crippen LogP contribution is 2.11. The molecule has 0 saturated heterocycles. The number of rotatable bonds is 7. The highest BCUT2D eigenvalue weighted by atomic mass is 32.2. The topological polar surface area (TPSA) is 66.4 Å². The lowest BCUT2D eigenvalue weighted by Gasteiger charge is -2.16. The van der Waals surface area contributed by atoms with E-state index in [1.54, 1.807) is 24.3 Å². The fraction of sp³-hybridized carbons (Fsp3) is 0.571. The average molecular weight is 285 g/mol. The van der Waals surface area contributed by atoms with E-state index in [1.165, 1.54) is 0 Å². The van der Waals surface area contributed by atoms with Gasteiger partial charge in [-0.15, -0.1) is 0 Å². The van der Waals surface area contributed by atoms with Gasteiger partial charge in [0.05, 0.1) is 12.4 Å². The Labute approximate surface area is 115 Å². The van der Waals surface area contributed by atoms with Crippen molar-refractivity contribution in [1.29, 1.82) is 0 Å². The zero-order valence-corrected chi connectivity index (χ0v) is 12.6. The van der Waals surface area contributed by atoms with Crippen molar-refractivity contribution in [3.63, 3.8) is 0 Å². The van der Waals surface area contributed by atoms with Crippen molar-refractivity contribution >= 4 is 10.0 Å². The minimum atomic E-state index is -3.32. The summed E-state index contributed by atoms with van der Waals surface area (Å²) in [6, 6.07) is 6.99. The number of benzene rings is 1. The second-order valence-electron chi connectivity index (χ2n) is 5.31. The fourth-order valence-electron chi connectivity index (χ4n) is 1.58. The van der Waals surface area contributed by atoms with Crippen LogP contribution in [0.15, 0.2) is 24.3 Å². The van der Waals surface area contributed by atoms with E-state index in [-0.39, 0.29) is 12.4 Å². The summed E-state index contributed by atoms with van der Waals surface area (Å²) in [7, 11) is -3.32. The smallest absolute Gasteiger partial charge is 0.215 e. The van der Waals surface area contributed by atoms with E-state index in [4.69, 9.17) is 5.11 Å². The van der Waals surface area contributed by atoms with Gasteiger partial charge in [0.1, 0.15) is 0 Å². The molecule has 1 unspecified atom stereocenters. The zero-order valence-electron chi connectivity index (χ0n) is 11.8. The first-order valence-electron chi connectivity index (χ1n) is 6.50. The first kappa shape index (κ1) is 16.1. The van der Waals surface area contributed by atoms with Crippen LogP contribution in [0.3, 0.4) is 0 Å². The van der Waals surface area contributed by atoms with Gasteiger partial charge >= 0.3 is 0 Å². The third kappa shape index (κ3) is 5.72. The number of sulfonamides is 1. The summed E-state index contributed by atoms with van der Waals surface area (Å²) in [5.41, 5.74) is 1.42. The number of nitrogens with one attached hydrogen (secondary N) is 1. The molecule has 1 aromatic carbocycles. The number of aliphatic hydroxyl groups is 1. The predicted molar refractivity (Wildman–Crippen MR) is 77.0 cm³/mol. The molecule has 1 atom stereocenters. The highest BCUT2D eigenvalue weighted by molar-refractivity contribution is 7.88. The van der Waals surface area contributed by atoms with Crippen LogP contribution in [0.25, 0.3) is 0 Å². The van der Waals surface area contributed by atoms with Gasteiger partial charge in [0.15, 0.2) is 0 Å². The Bertz CT molecular complexity index is 497. The van der Waals surface area contributed by atoms with Gasteiger partial charge in [0, 0.05) is 6.54 Å². The Morgan fingerprint density at radius 3 is 2.42 bits per heavy atom. The maximum absolute atomic E-state index is 12.0. The molecule has 0 fully saturated rings. The second-order valence-corrected chi connectivity index (χ2v) is 7.11. The summed E-state index contributed by atoms with van der Waals surface area (Å²) in [6.07, 6.45) is 0. The van der Waals surface area contributed by atoms with E-state index in [0.29, 0.717) is 23.9 Å². The first-order chi connectivity index (χ1) is 8.84. The number of aliphatic hydroxyl groups excluding tert-OH is 1. The average Bonchev–Trinajstić information content (AvgIpc) is 2.35. The van der Waals surface area contributed by atoms with Crippen LogP contribution in [0.2, 0.25) is 0 Å². The summed E-state index contributed by atoms with van der Waals surface area (Å²) in [6.45, 7) is 6.55. The van der Waals surface area contributed by atoms with Crippen LogP contribution in [0, 0.1) is 11.8 Å². The molecule has 5 heteroatoms. The normalized spacial score (nSPS) is 13.7. The van der Waals surface area contributed by atoms with Crippen LogP contribution in [0.1, 0.15) is 31.9 Å². The molecular weight excluding hydrogens is 262 g/mol. The highest BCUT2D eigenvalue weighted by Gasteiger charge is 2.14. The Hall–Kier alpha value is -0.910. The predicted octanol–water partition coefficient (Wildman–Crippen LogP) is 1.89. The maximum atomic E-state index is 12.0. The van der Waals surface area contributed by atoms with Crippen molar-refractivity contribution < 1.29 is 13.5 Å². The largest absolute Gasteiger partial charge is 0.392 e. The Kier molecular flexibility index (Phi) is 5.97. The van der Waals surface area contributed by atoms with Gasteiger partial charge in [-0.3, -0.25) is 0 Å². The molecule has 0 aliphatic heterocycles. The van der Waals surface area contributed by atoms with Crippen molar-refractivity contribution in [1.82, 2.24) is 4.72 Å². The maximum Gasteiger partial charge on any atom is 0.215 e. The quantitative estimate of drug-likeness (QED) is 0.804. The van der Waals surface area contributed by atoms with E-state index >= 15 is 0 Å². The van der Waals surface area contributed by atoms with E-state index < -0.39 is 10.0 Å². The lowest BCUT2D eigenvalue weighted by Crippen LogP contribution is -2.31. The Balaban J connectivity index is 2.63. The molecule has 1 aromatic rings. The van der Waals surface area contributed by atoms with Gasteiger partial charge in [0.2, 0.25) is 10.0 Å². The van der Waals surface area contributed by atoms with Crippen molar-refractivity contribution in [2.24, 2.45) is 11.8 Å². The third-order valence-corrected chi connectivity index (χ3v) is 4.61. The van der Waals surface area contributed by atoms with E-state index in [2.05, 4.69) is 18.6 Å². The summed E-state index contributed by atoms with van der Waals surface area (Å²) in [5.74, 6) is 0.699. The summed E-state index contributed by atoms with van der Waals surface area (Å²) >= 11 is 0. The fourth-order valence-corrected chi connectivity index (χ4v) is 2.82. The van der Waals surface area contributed by atoms with Crippen molar-refractivity contribution in [3.8, 4) is 0 Å². The SMILES string of the molecule is CC(C)C(C)CNS(=O)(=O)Cc1cccc(CO)c1. The molecule has 0 heterocycles. The van der Waals surface area contributed by atoms with Gasteiger partial charge in [0.25, 0.3) is 0 Å². The molecule has 0 aromatic heterocycles. The molecule has 2 N–H and O–H groups in total. The van der Waals surface area contributed by atoms with Gasteiger partial charge < -0.3 is 5.11 Å². The molecule has 0 radical (unpaired) electrons. The molecule has 0 aliphatic carbocycles. The van der Waals surface area contributed by atoms with Crippen molar-refractivity contribution in [3.05, 3.63) is 35.4 Å². The molecule has 0 saturated carbocycles. The monoisotopic (exact) mass is 285 g/mol. The van der Waals surface area contributed by atoms with E-state index in [0.717, 1.165) is 5.56 Å². The van der Waals surface area contributed by atoms with Crippen LogP contribution in [-0.2, 0) is 22.4 Å². The van der Waals surface area contributed by atoms with Crippen LogP contribution < -0.4 is 4.72 Å². The second kappa shape index (κ2) is 7.03. The van der Waals surface area contributed by atoms with Gasteiger partial charge in [-0.2, -0.15) is 0 Å². The zero-order chi connectivity index (χ0) is 14.5. The van der Waals surface area contributed by atoms with E-state index in [1.807, 2.05) is 6.92 Å². The Morgan fingerprint density at radius 1 is 1.21 bits per heavy atom. The molecule has 0 aliphatic rings. The Morgan fingerprint density at radius 2 is 1.84 bits per heavy atom. The first-order valence-corrected chi connectivity index (χ1v) is 8.15. The third-order valence-electron chi connectivity index (χ3n) is 3.29. The van der Waals surface area contributed by atoms with Crippen LogP contribution in [-0.4, -0.2) is 20.1 Å². The lowest BCUT2D eigenvalue weighted by molar-refractivity contribution is 0.282. The number of hydrogen-bond acceptors (Lipinski definition) is 3. The lowest BCUT2D eigenvalue weighted by atomic mass is 9.99. The molecule has 108 valence electrons. The standard InChI is InChI=1S/C14H23NO3S/c1-11(2)12(3)8-15-19(17,18)10-14-6-4-5-13(7-14)9-16/h4-7,11-12,15-16H,8-10H2,1-3H3. The molecule has 0 spiro atoms. The molecule has 4 nitrogen and oxygen atoms in total. The summed E-state index contributed by atoms with van der Waals surface area (Å²) in [4.78, 5) is 0. The van der Waals surface area contributed by atoms with Crippen LogP contribution in [0.5, 0.6) is 0 Å². The van der Waals surface area contributed by atoms with Gasteiger partial charge in [-0.25, -0.2) is 13.1 Å². The van der Waals surface area contributed by atoms with Crippen LogP contribution in [0.4, 0.5) is 0 Å². The van der Waals surface area contributed by atoms with Gasteiger partial charge in [-0.1, -0.05) is 45.0 Å². The summed E-state index contributed by atoms with van der Waals surface area (Å²) in [5, 5.41) is 9.03. The minimum Gasteiger partial charge on any atom is -0.392 e. The molecule has 1 rings (SSSR count). The van der Waals surface area contributed by atoms with Crippen molar-refractivity contribution in [2.75, 3.05) is 6.54 Å². The van der Waals surface area contributed by atoms with E-state index in [9.17, 15) is 8.42 Å². The minimum absolute atomic E-state index is 0.0499. The molecule has 19 heavy (non-hydrogen) atoms. The van der Waals surface area contributed by atoms with Crippen LogP contribution >= 0.6 is 0 Å².